The SMILES string of the molecule is Cc1c(O)c(-c2ccccc2O)c(Br)c(Br)c1Br. The minimum Gasteiger partial charge on any atom is -0.507 e. The van der Waals surface area contributed by atoms with Gasteiger partial charge < -0.3 is 10.2 Å². The first-order chi connectivity index (χ1) is 8.45. The molecule has 2 aromatic carbocycles. The molecular weight excluding hydrogens is 428 g/mol. The molecule has 0 fully saturated rings. The van der Waals surface area contributed by atoms with E-state index in [1.807, 2.05) is 6.07 Å². The third kappa shape index (κ3) is 2.19. The molecule has 0 saturated heterocycles. The van der Waals surface area contributed by atoms with Crippen molar-refractivity contribution < 1.29 is 10.2 Å². The first-order valence-corrected chi connectivity index (χ1v) is 7.47. The van der Waals surface area contributed by atoms with Gasteiger partial charge in [0.05, 0.1) is 0 Å². The predicted molar refractivity (Wildman–Crippen MR) is 83.0 cm³/mol. The van der Waals surface area contributed by atoms with E-state index >= 15 is 0 Å². The van der Waals surface area contributed by atoms with Crippen LogP contribution in [0.5, 0.6) is 11.5 Å². The molecular formula is C13H9Br3O2. The summed E-state index contributed by atoms with van der Waals surface area (Å²) in [6, 6.07) is 6.90. The molecule has 0 aliphatic carbocycles. The number of aromatic hydroxyl groups is 2. The van der Waals surface area contributed by atoms with Crippen molar-refractivity contribution in [3.05, 3.63) is 43.2 Å². The molecule has 0 bridgehead atoms. The Labute approximate surface area is 130 Å². The number of para-hydroxylation sites is 1. The van der Waals surface area contributed by atoms with Crippen LogP contribution in [-0.4, -0.2) is 10.2 Å². The van der Waals surface area contributed by atoms with Crippen LogP contribution in [0.15, 0.2) is 37.7 Å². The monoisotopic (exact) mass is 434 g/mol. The van der Waals surface area contributed by atoms with E-state index in [1.54, 1.807) is 25.1 Å². The van der Waals surface area contributed by atoms with Crippen molar-refractivity contribution in [1.29, 1.82) is 0 Å². The molecule has 0 saturated carbocycles. The van der Waals surface area contributed by atoms with Crippen LogP contribution in [0.3, 0.4) is 0 Å². The Bertz CT molecular complexity index is 595. The quantitative estimate of drug-likeness (QED) is 0.591. The zero-order valence-corrected chi connectivity index (χ0v) is 14.1. The van der Waals surface area contributed by atoms with Crippen LogP contribution < -0.4 is 0 Å². The van der Waals surface area contributed by atoms with Gasteiger partial charge in [0.15, 0.2) is 0 Å². The molecule has 2 N–H and O–H groups in total. The Kier molecular flexibility index (Phi) is 4.04. The van der Waals surface area contributed by atoms with E-state index in [2.05, 4.69) is 47.8 Å². The fourth-order valence-corrected chi connectivity index (χ4v) is 3.44. The first kappa shape index (κ1) is 13.9. The first-order valence-electron chi connectivity index (χ1n) is 5.09. The highest BCUT2D eigenvalue weighted by Crippen LogP contribution is 2.48. The van der Waals surface area contributed by atoms with E-state index in [0.717, 1.165) is 8.95 Å². The van der Waals surface area contributed by atoms with E-state index < -0.39 is 0 Å². The lowest BCUT2D eigenvalue weighted by Gasteiger charge is -2.15. The Morgan fingerprint density at radius 1 is 0.889 bits per heavy atom. The molecule has 94 valence electrons. The van der Waals surface area contributed by atoms with Crippen LogP contribution in [0.1, 0.15) is 5.56 Å². The van der Waals surface area contributed by atoms with Crippen molar-refractivity contribution in [1.82, 2.24) is 0 Å². The van der Waals surface area contributed by atoms with E-state index in [-0.39, 0.29) is 11.5 Å². The predicted octanol–water partition coefficient (Wildman–Crippen LogP) is 5.36. The third-order valence-corrected chi connectivity index (χ3v) is 6.34. The Morgan fingerprint density at radius 3 is 2.11 bits per heavy atom. The van der Waals surface area contributed by atoms with Crippen molar-refractivity contribution in [2.24, 2.45) is 0 Å². The van der Waals surface area contributed by atoms with Gasteiger partial charge in [-0.25, -0.2) is 0 Å². The smallest absolute Gasteiger partial charge is 0.128 e. The van der Waals surface area contributed by atoms with E-state index in [1.165, 1.54) is 0 Å². The van der Waals surface area contributed by atoms with Crippen LogP contribution in [0, 0.1) is 6.92 Å². The largest absolute Gasteiger partial charge is 0.507 e. The zero-order chi connectivity index (χ0) is 13.4. The number of phenols is 2. The van der Waals surface area contributed by atoms with Gasteiger partial charge in [-0.15, -0.1) is 0 Å². The van der Waals surface area contributed by atoms with Crippen LogP contribution in [0.25, 0.3) is 11.1 Å². The molecule has 0 unspecified atom stereocenters. The minimum absolute atomic E-state index is 0.127. The highest BCUT2D eigenvalue weighted by molar-refractivity contribution is 9.14. The molecule has 0 aliphatic heterocycles. The highest BCUT2D eigenvalue weighted by atomic mass is 79.9. The lowest BCUT2D eigenvalue weighted by Crippen LogP contribution is -1.89. The molecule has 0 heterocycles. The van der Waals surface area contributed by atoms with Gasteiger partial charge in [-0.2, -0.15) is 0 Å². The molecule has 0 aromatic heterocycles. The Balaban J connectivity index is 2.85. The molecule has 0 spiro atoms. The Morgan fingerprint density at radius 2 is 1.50 bits per heavy atom. The van der Waals surface area contributed by atoms with Crippen LogP contribution in [0.4, 0.5) is 0 Å². The van der Waals surface area contributed by atoms with Crippen molar-refractivity contribution >= 4 is 47.8 Å². The number of hydrogen-bond donors (Lipinski definition) is 2. The summed E-state index contributed by atoms with van der Waals surface area (Å²) in [6.45, 7) is 1.81. The van der Waals surface area contributed by atoms with E-state index in [4.69, 9.17) is 0 Å². The normalized spacial score (nSPS) is 10.7. The van der Waals surface area contributed by atoms with Gasteiger partial charge >= 0.3 is 0 Å². The van der Waals surface area contributed by atoms with Crippen LogP contribution in [-0.2, 0) is 0 Å². The van der Waals surface area contributed by atoms with Gasteiger partial charge in [-0.05, 0) is 60.8 Å². The number of rotatable bonds is 1. The second kappa shape index (κ2) is 5.23. The summed E-state index contributed by atoms with van der Waals surface area (Å²) in [4.78, 5) is 0. The standard InChI is InChI=1S/C13H9Br3O2/c1-6-10(14)12(16)11(15)9(13(6)18)7-4-2-3-5-8(7)17/h2-5,17-18H,1H3. The molecule has 0 radical (unpaired) electrons. The highest BCUT2D eigenvalue weighted by Gasteiger charge is 2.20. The van der Waals surface area contributed by atoms with Gasteiger partial charge in [0.2, 0.25) is 0 Å². The third-order valence-electron chi connectivity index (χ3n) is 2.70. The average Bonchev–Trinajstić information content (AvgIpc) is 2.36. The summed E-state index contributed by atoms with van der Waals surface area (Å²) in [5, 5.41) is 20.2. The second-order valence-corrected chi connectivity index (χ2v) is 6.19. The van der Waals surface area contributed by atoms with E-state index in [9.17, 15) is 10.2 Å². The molecule has 0 amide bonds. The lowest BCUT2D eigenvalue weighted by molar-refractivity contribution is 0.466. The summed E-state index contributed by atoms with van der Waals surface area (Å²) >= 11 is 10.3. The maximum Gasteiger partial charge on any atom is 0.128 e. The van der Waals surface area contributed by atoms with Gasteiger partial charge in [0.1, 0.15) is 11.5 Å². The fourth-order valence-electron chi connectivity index (χ4n) is 1.70. The summed E-state index contributed by atoms with van der Waals surface area (Å²) in [5.41, 5.74) is 1.86. The number of halogens is 3. The average molecular weight is 437 g/mol. The maximum absolute atomic E-state index is 10.3. The molecule has 2 aromatic rings. The Hall–Kier alpha value is -0.520. The molecule has 18 heavy (non-hydrogen) atoms. The van der Waals surface area contributed by atoms with Gasteiger partial charge in [0.25, 0.3) is 0 Å². The van der Waals surface area contributed by atoms with Crippen molar-refractivity contribution in [3.8, 4) is 22.6 Å². The fraction of sp³-hybridized carbons (Fsp3) is 0.0769. The maximum atomic E-state index is 10.3. The molecule has 2 rings (SSSR count). The number of hydrogen-bond acceptors (Lipinski definition) is 2. The van der Waals surface area contributed by atoms with Crippen molar-refractivity contribution in [2.45, 2.75) is 6.92 Å². The van der Waals surface area contributed by atoms with Crippen LogP contribution >= 0.6 is 47.8 Å². The van der Waals surface area contributed by atoms with Gasteiger partial charge in [-0.1, -0.05) is 18.2 Å². The summed E-state index contributed by atoms with van der Waals surface area (Å²) in [7, 11) is 0. The lowest BCUT2D eigenvalue weighted by atomic mass is 10.0. The molecule has 0 aliphatic rings. The van der Waals surface area contributed by atoms with Gasteiger partial charge in [-0.3, -0.25) is 0 Å². The van der Waals surface area contributed by atoms with Gasteiger partial charge in [0, 0.05) is 30.1 Å². The zero-order valence-electron chi connectivity index (χ0n) is 9.34. The molecule has 0 atom stereocenters. The van der Waals surface area contributed by atoms with Crippen molar-refractivity contribution in [3.63, 3.8) is 0 Å². The van der Waals surface area contributed by atoms with Crippen LogP contribution in [0.2, 0.25) is 0 Å². The molecule has 2 nitrogen and oxygen atoms in total. The topological polar surface area (TPSA) is 40.5 Å². The minimum atomic E-state index is 0.127. The number of benzene rings is 2. The molecule has 5 heteroatoms. The summed E-state index contributed by atoms with van der Waals surface area (Å²) in [6.07, 6.45) is 0. The van der Waals surface area contributed by atoms with Crippen molar-refractivity contribution in [2.75, 3.05) is 0 Å². The summed E-state index contributed by atoms with van der Waals surface area (Å²) < 4.78 is 2.28. The second-order valence-electron chi connectivity index (χ2n) is 3.81. The number of phenolic OH excluding ortho intramolecular Hbond substituents is 2. The summed E-state index contributed by atoms with van der Waals surface area (Å²) in [5.74, 6) is 0.264. The van der Waals surface area contributed by atoms with E-state index in [0.29, 0.717) is 21.2 Å².